The van der Waals surface area contributed by atoms with Crippen molar-refractivity contribution < 1.29 is 18.7 Å². The van der Waals surface area contributed by atoms with Crippen molar-refractivity contribution in [3.63, 3.8) is 0 Å². The first kappa shape index (κ1) is 22.2. The van der Waals surface area contributed by atoms with E-state index in [1.807, 2.05) is 24.3 Å². The van der Waals surface area contributed by atoms with Crippen LogP contribution in [0.1, 0.15) is 17.4 Å². The predicted octanol–water partition coefficient (Wildman–Crippen LogP) is 1.95. The van der Waals surface area contributed by atoms with E-state index in [4.69, 9.17) is 9.15 Å². The van der Waals surface area contributed by atoms with Gasteiger partial charge in [0.25, 0.3) is 0 Å². The van der Waals surface area contributed by atoms with Crippen LogP contribution in [0, 0.1) is 0 Å². The molecule has 0 fully saturated rings. The molecule has 0 saturated carbocycles. The van der Waals surface area contributed by atoms with E-state index >= 15 is 0 Å². The molecule has 4 aromatic rings. The van der Waals surface area contributed by atoms with E-state index in [0.717, 1.165) is 5.52 Å². The summed E-state index contributed by atoms with van der Waals surface area (Å²) in [5, 5.41) is 11.1. The van der Waals surface area contributed by atoms with Crippen molar-refractivity contribution in [3.8, 4) is 0 Å². The third-order valence-corrected chi connectivity index (χ3v) is 5.16. The number of carbonyl (C=O) groups excluding carboxylic acids is 2. The summed E-state index contributed by atoms with van der Waals surface area (Å²) in [7, 11) is 1.55. The van der Waals surface area contributed by atoms with E-state index in [1.54, 1.807) is 50.0 Å². The van der Waals surface area contributed by atoms with Crippen LogP contribution in [-0.2, 0) is 27.4 Å². The Morgan fingerprint density at radius 3 is 2.73 bits per heavy atom. The summed E-state index contributed by atoms with van der Waals surface area (Å²) in [6.45, 7) is 0.602. The third-order valence-electron chi connectivity index (χ3n) is 5.16. The van der Waals surface area contributed by atoms with Gasteiger partial charge in [-0.15, -0.1) is 5.10 Å². The lowest BCUT2D eigenvalue weighted by Gasteiger charge is -2.31. The maximum Gasteiger partial charge on any atom is 0.247 e. The molecule has 0 bridgehead atoms. The largest absolute Gasteiger partial charge is 0.467 e. The quantitative estimate of drug-likeness (QED) is 0.394. The maximum atomic E-state index is 13.5. The second-order valence-corrected chi connectivity index (χ2v) is 7.30. The zero-order valence-corrected chi connectivity index (χ0v) is 18.1. The van der Waals surface area contributed by atoms with Crippen molar-refractivity contribution >= 4 is 22.8 Å². The van der Waals surface area contributed by atoms with Gasteiger partial charge in [-0.3, -0.25) is 14.6 Å². The topological polar surface area (TPSA) is 115 Å². The molecule has 33 heavy (non-hydrogen) atoms. The average molecular weight is 448 g/mol. The van der Waals surface area contributed by atoms with Crippen molar-refractivity contribution in [2.75, 3.05) is 20.3 Å². The molecule has 1 N–H and O–H groups in total. The number of fused-ring (bicyclic) bond motifs is 1. The number of methoxy groups -OCH3 is 1. The number of nitrogens with zero attached hydrogens (tertiary/aromatic N) is 5. The number of benzene rings is 1. The summed E-state index contributed by atoms with van der Waals surface area (Å²) in [5.41, 5.74) is 2.06. The van der Waals surface area contributed by atoms with Gasteiger partial charge in [-0.25, -0.2) is 4.68 Å². The molecule has 10 heteroatoms. The first-order chi connectivity index (χ1) is 16.2. The Hall–Kier alpha value is -4.05. The highest BCUT2D eigenvalue weighted by atomic mass is 16.5. The number of furan rings is 1. The molecule has 1 aromatic carbocycles. The molecule has 0 unspecified atom stereocenters. The number of pyridine rings is 1. The van der Waals surface area contributed by atoms with Crippen molar-refractivity contribution in [3.05, 3.63) is 78.5 Å². The Labute approximate surface area is 190 Å². The van der Waals surface area contributed by atoms with Gasteiger partial charge in [-0.2, -0.15) is 0 Å². The molecule has 0 radical (unpaired) electrons. The number of amides is 2. The average Bonchev–Trinajstić information content (AvgIpc) is 3.51. The fourth-order valence-electron chi connectivity index (χ4n) is 3.54. The molecule has 170 valence electrons. The lowest BCUT2D eigenvalue weighted by atomic mass is 10.1. The number of rotatable bonds is 10. The summed E-state index contributed by atoms with van der Waals surface area (Å²) < 4.78 is 12.1. The van der Waals surface area contributed by atoms with Gasteiger partial charge in [0.15, 0.2) is 0 Å². The smallest absolute Gasteiger partial charge is 0.247 e. The second kappa shape index (κ2) is 10.5. The molecule has 0 aliphatic heterocycles. The molecule has 2 amide bonds. The third kappa shape index (κ3) is 5.24. The molecule has 4 rings (SSSR count). The lowest BCUT2D eigenvalue weighted by molar-refractivity contribution is -0.142. The van der Waals surface area contributed by atoms with Crippen LogP contribution in [0.4, 0.5) is 0 Å². The molecule has 3 heterocycles. The van der Waals surface area contributed by atoms with E-state index in [0.29, 0.717) is 16.8 Å². The summed E-state index contributed by atoms with van der Waals surface area (Å²) in [4.78, 5) is 32.3. The van der Waals surface area contributed by atoms with Crippen LogP contribution >= 0.6 is 0 Å². The Kier molecular flexibility index (Phi) is 7.06. The Morgan fingerprint density at radius 2 is 1.97 bits per heavy atom. The van der Waals surface area contributed by atoms with Crippen molar-refractivity contribution in [1.82, 2.24) is 30.2 Å². The van der Waals surface area contributed by atoms with Crippen LogP contribution in [0.3, 0.4) is 0 Å². The number of nitrogens with one attached hydrogen (secondary N) is 1. The van der Waals surface area contributed by atoms with Gasteiger partial charge in [0.05, 0.1) is 24.9 Å². The maximum absolute atomic E-state index is 13.5. The van der Waals surface area contributed by atoms with Gasteiger partial charge in [-0.1, -0.05) is 17.3 Å². The number of para-hydroxylation sites is 1. The van der Waals surface area contributed by atoms with Crippen LogP contribution < -0.4 is 5.32 Å². The van der Waals surface area contributed by atoms with E-state index in [2.05, 4.69) is 20.6 Å². The van der Waals surface area contributed by atoms with E-state index in [-0.39, 0.29) is 38.1 Å². The van der Waals surface area contributed by atoms with Crippen molar-refractivity contribution in [1.29, 1.82) is 0 Å². The predicted molar refractivity (Wildman–Crippen MR) is 119 cm³/mol. The highest BCUT2D eigenvalue weighted by Gasteiger charge is 2.31. The Morgan fingerprint density at radius 1 is 1.15 bits per heavy atom. The van der Waals surface area contributed by atoms with Crippen LogP contribution in [0.5, 0.6) is 0 Å². The highest BCUT2D eigenvalue weighted by Crippen LogP contribution is 2.22. The monoisotopic (exact) mass is 448 g/mol. The van der Waals surface area contributed by atoms with Crippen LogP contribution in [0.2, 0.25) is 0 Å². The normalized spacial score (nSPS) is 11.9. The van der Waals surface area contributed by atoms with Gasteiger partial charge in [-0.05, 0) is 42.0 Å². The zero-order valence-electron chi connectivity index (χ0n) is 18.1. The molecule has 0 aliphatic rings. The van der Waals surface area contributed by atoms with Crippen molar-refractivity contribution in [2.45, 2.75) is 19.1 Å². The number of ether oxygens (including phenoxy) is 1. The molecule has 3 aromatic heterocycles. The van der Waals surface area contributed by atoms with Crippen LogP contribution in [-0.4, -0.2) is 57.0 Å². The molecule has 0 saturated heterocycles. The van der Waals surface area contributed by atoms with E-state index < -0.39 is 6.04 Å². The first-order valence-corrected chi connectivity index (χ1v) is 10.4. The summed E-state index contributed by atoms with van der Waals surface area (Å²) in [5.74, 6) is -0.0242. The SMILES string of the molecule is COCCN(C(=O)Cn1nnc2ccccc21)[C@@H](C(=O)NCc1ccco1)c1ccncc1. The Bertz CT molecular complexity index is 1190. The van der Waals surface area contributed by atoms with Crippen LogP contribution in [0.15, 0.2) is 71.6 Å². The second-order valence-electron chi connectivity index (χ2n) is 7.30. The van der Waals surface area contributed by atoms with Gasteiger partial charge < -0.3 is 19.4 Å². The number of hydrogen-bond acceptors (Lipinski definition) is 7. The lowest BCUT2D eigenvalue weighted by Crippen LogP contribution is -2.46. The fraction of sp³-hybridized carbons (Fsp3) is 0.261. The molecule has 0 spiro atoms. The van der Waals surface area contributed by atoms with E-state index in [1.165, 1.54) is 9.58 Å². The molecule has 0 aliphatic carbocycles. The minimum absolute atomic E-state index is 0.0721. The van der Waals surface area contributed by atoms with E-state index in [9.17, 15) is 9.59 Å². The van der Waals surface area contributed by atoms with Gasteiger partial charge in [0, 0.05) is 26.0 Å². The highest BCUT2D eigenvalue weighted by molar-refractivity contribution is 5.89. The molecular weight excluding hydrogens is 424 g/mol. The van der Waals surface area contributed by atoms with Crippen molar-refractivity contribution in [2.24, 2.45) is 0 Å². The first-order valence-electron chi connectivity index (χ1n) is 10.4. The number of carbonyl (C=O) groups is 2. The minimum atomic E-state index is -0.889. The molecule has 10 nitrogen and oxygen atoms in total. The molecular formula is C23H24N6O4. The Balaban J connectivity index is 1.61. The zero-order chi connectivity index (χ0) is 23.0. The molecule has 1 atom stereocenters. The van der Waals surface area contributed by atoms with Gasteiger partial charge in [0.1, 0.15) is 23.9 Å². The number of hydrogen-bond donors (Lipinski definition) is 1. The summed E-state index contributed by atoms with van der Waals surface area (Å²) >= 11 is 0. The summed E-state index contributed by atoms with van der Waals surface area (Å²) in [6.07, 6.45) is 4.72. The summed E-state index contributed by atoms with van der Waals surface area (Å²) in [6, 6.07) is 13.5. The van der Waals surface area contributed by atoms with Crippen LogP contribution in [0.25, 0.3) is 11.0 Å². The number of aromatic nitrogens is 4. The van der Waals surface area contributed by atoms with Gasteiger partial charge >= 0.3 is 0 Å². The minimum Gasteiger partial charge on any atom is -0.467 e. The van der Waals surface area contributed by atoms with Gasteiger partial charge in [0.2, 0.25) is 11.8 Å². The fourth-order valence-corrected chi connectivity index (χ4v) is 3.54. The standard InChI is InChI=1S/C23H24N6O4/c1-32-14-12-28(21(30)16-29-20-7-3-2-6-19(20)26-27-29)22(17-8-10-24-11-9-17)23(31)25-15-18-5-4-13-33-18/h2-11,13,22H,12,14-16H2,1H3,(H,25,31)/t22-/m1/s1.